The van der Waals surface area contributed by atoms with Gasteiger partial charge in [-0.25, -0.2) is 0 Å². The van der Waals surface area contributed by atoms with Crippen LogP contribution in [0.15, 0.2) is 30.3 Å². The lowest BCUT2D eigenvalue weighted by Gasteiger charge is -2.28. The highest BCUT2D eigenvalue weighted by Gasteiger charge is 2.27. The molecular formula is C17H25NO3. The van der Waals surface area contributed by atoms with Crippen LogP contribution in [0, 0.1) is 11.8 Å². The average molecular weight is 291 g/mol. The van der Waals surface area contributed by atoms with Crippen LogP contribution < -0.4 is 5.32 Å². The lowest BCUT2D eigenvalue weighted by Crippen LogP contribution is -2.44. The number of hydrogen-bond donors (Lipinski definition) is 2. The molecule has 0 unspecified atom stereocenters. The van der Waals surface area contributed by atoms with E-state index in [0.717, 1.165) is 31.6 Å². The number of carbonyl (C=O) groups excluding carboxylic acids is 1. The summed E-state index contributed by atoms with van der Waals surface area (Å²) in [5, 5.41) is 12.5. The molecule has 1 aromatic rings. The monoisotopic (exact) mass is 291 g/mol. The highest BCUT2D eigenvalue weighted by molar-refractivity contribution is 5.79. The van der Waals surface area contributed by atoms with Crippen molar-refractivity contribution in [2.75, 3.05) is 19.8 Å². The molecule has 1 aliphatic rings. The molecule has 4 heteroatoms. The van der Waals surface area contributed by atoms with E-state index in [1.54, 1.807) is 0 Å². The number of hydrogen-bond acceptors (Lipinski definition) is 3. The third kappa shape index (κ3) is 4.83. The first-order chi connectivity index (χ1) is 10.2. The van der Waals surface area contributed by atoms with Gasteiger partial charge in [0.05, 0.1) is 12.6 Å². The molecule has 2 atom stereocenters. The molecule has 0 aliphatic carbocycles. The fraction of sp³-hybridized carbons (Fsp3) is 0.588. The van der Waals surface area contributed by atoms with Gasteiger partial charge in [-0.1, -0.05) is 37.3 Å². The molecule has 1 heterocycles. The molecule has 4 nitrogen and oxygen atoms in total. The normalized spacial score (nSPS) is 19.0. The first kappa shape index (κ1) is 16.0. The van der Waals surface area contributed by atoms with Crippen LogP contribution in [0.25, 0.3) is 0 Å². The Morgan fingerprint density at radius 2 is 2.00 bits per heavy atom. The van der Waals surface area contributed by atoms with Crippen molar-refractivity contribution in [3.8, 4) is 0 Å². The number of aliphatic hydroxyl groups is 1. The van der Waals surface area contributed by atoms with E-state index in [1.165, 1.54) is 0 Å². The standard InChI is InChI=1S/C17H25NO3/c1-13(15-7-9-21-10-8-15)17(20)18-16(12-19)11-14-5-3-2-4-6-14/h2-6,13,15-16,19H,7-12H2,1H3,(H,18,20)/t13-,16+/m0/s1. The molecule has 1 saturated heterocycles. The fourth-order valence-corrected chi connectivity index (χ4v) is 2.82. The van der Waals surface area contributed by atoms with Gasteiger partial charge in [-0.3, -0.25) is 4.79 Å². The summed E-state index contributed by atoms with van der Waals surface area (Å²) in [6.45, 7) is 3.43. The summed E-state index contributed by atoms with van der Waals surface area (Å²) in [5.41, 5.74) is 1.12. The molecule has 0 spiro atoms. The van der Waals surface area contributed by atoms with Crippen molar-refractivity contribution in [1.82, 2.24) is 5.32 Å². The summed E-state index contributed by atoms with van der Waals surface area (Å²) in [5.74, 6) is 0.394. The molecule has 1 aromatic carbocycles. The highest BCUT2D eigenvalue weighted by atomic mass is 16.5. The van der Waals surface area contributed by atoms with Gasteiger partial charge >= 0.3 is 0 Å². The van der Waals surface area contributed by atoms with Gasteiger partial charge in [0.2, 0.25) is 5.91 Å². The van der Waals surface area contributed by atoms with Gasteiger partial charge in [-0.05, 0) is 30.7 Å². The molecule has 116 valence electrons. The summed E-state index contributed by atoms with van der Waals surface area (Å²) >= 11 is 0. The van der Waals surface area contributed by atoms with Crippen molar-refractivity contribution in [2.45, 2.75) is 32.2 Å². The van der Waals surface area contributed by atoms with Crippen molar-refractivity contribution in [1.29, 1.82) is 0 Å². The molecule has 0 radical (unpaired) electrons. The number of nitrogens with one attached hydrogen (secondary N) is 1. The van der Waals surface area contributed by atoms with Crippen molar-refractivity contribution >= 4 is 5.91 Å². The number of aliphatic hydroxyl groups excluding tert-OH is 1. The van der Waals surface area contributed by atoms with E-state index in [1.807, 2.05) is 37.3 Å². The fourth-order valence-electron chi connectivity index (χ4n) is 2.82. The maximum absolute atomic E-state index is 12.3. The summed E-state index contributed by atoms with van der Waals surface area (Å²) in [6.07, 6.45) is 2.54. The maximum atomic E-state index is 12.3. The van der Waals surface area contributed by atoms with Gasteiger partial charge < -0.3 is 15.2 Å². The first-order valence-corrected chi connectivity index (χ1v) is 7.73. The zero-order valence-corrected chi connectivity index (χ0v) is 12.6. The Labute approximate surface area is 126 Å². The third-order valence-electron chi connectivity index (χ3n) is 4.28. The number of ether oxygens (including phenoxy) is 1. The SMILES string of the molecule is C[C@H](C(=O)N[C@@H](CO)Cc1ccccc1)C1CCOCC1. The third-order valence-corrected chi connectivity index (χ3v) is 4.28. The Balaban J connectivity index is 1.86. The molecule has 1 aliphatic heterocycles. The zero-order chi connectivity index (χ0) is 15.1. The first-order valence-electron chi connectivity index (χ1n) is 7.73. The molecule has 0 bridgehead atoms. The summed E-state index contributed by atoms with van der Waals surface area (Å²) in [4.78, 5) is 12.3. The summed E-state index contributed by atoms with van der Waals surface area (Å²) < 4.78 is 5.34. The lowest BCUT2D eigenvalue weighted by atomic mass is 9.86. The second kappa shape index (κ2) is 8.15. The van der Waals surface area contributed by atoms with Crippen LogP contribution in [0.5, 0.6) is 0 Å². The van der Waals surface area contributed by atoms with E-state index in [4.69, 9.17) is 4.74 Å². The van der Waals surface area contributed by atoms with Crippen LogP contribution in [-0.2, 0) is 16.0 Å². The van der Waals surface area contributed by atoms with Crippen molar-refractivity contribution in [3.05, 3.63) is 35.9 Å². The molecule has 0 aromatic heterocycles. The van der Waals surface area contributed by atoms with Gasteiger partial charge in [0, 0.05) is 19.1 Å². The minimum Gasteiger partial charge on any atom is -0.394 e. The largest absolute Gasteiger partial charge is 0.394 e. The Bertz CT molecular complexity index is 429. The predicted molar refractivity (Wildman–Crippen MR) is 81.9 cm³/mol. The second-order valence-corrected chi connectivity index (χ2v) is 5.82. The van der Waals surface area contributed by atoms with Crippen LogP contribution in [-0.4, -0.2) is 36.9 Å². The number of benzene rings is 1. The number of carbonyl (C=O) groups is 1. The highest BCUT2D eigenvalue weighted by Crippen LogP contribution is 2.23. The van der Waals surface area contributed by atoms with Crippen LogP contribution in [0.3, 0.4) is 0 Å². The smallest absolute Gasteiger partial charge is 0.223 e. The van der Waals surface area contributed by atoms with Gasteiger partial charge in [0.1, 0.15) is 0 Å². The quantitative estimate of drug-likeness (QED) is 0.840. The molecular weight excluding hydrogens is 266 g/mol. The molecule has 2 N–H and O–H groups in total. The van der Waals surface area contributed by atoms with Crippen molar-refractivity contribution in [2.24, 2.45) is 11.8 Å². The van der Waals surface area contributed by atoms with E-state index < -0.39 is 0 Å². The topological polar surface area (TPSA) is 58.6 Å². The van der Waals surface area contributed by atoms with Crippen LogP contribution in [0.1, 0.15) is 25.3 Å². The van der Waals surface area contributed by atoms with E-state index in [0.29, 0.717) is 12.3 Å². The average Bonchev–Trinajstić information content (AvgIpc) is 2.55. The molecule has 0 saturated carbocycles. The summed E-state index contributed by atoms with van der Waals surface area (Å²) in [6, 6.07) is 9.70. The molecule has 2 rings (SSSR count). The van der Waals surface area contributed by atoms with E-state index >= 15 is 0 Å². The molecule has 21 heavy (non-hydrogen) atoms. The van der Waals surface area contributed by atoms with Crippen molar-refractivity contribution < 1.29 is 14.6 Å². The van der Waals surface area contributed by atoms with Crippen LogP contribution in [0.2, 0.25) is 0 Å². The van der Waals surface area contributed by atoms with Gasteiger partial charge in [0.15, 0.2) is 0 Å². The van der Waals surface area contributed by atoms with Crippen molar-refractivity contribution in [3.63, 3.8) is 0 Å². The van der Waals surface area contributed by atoms with E-state index in [2.05, 4.69) is 5.32 Å². The minimum atomic E-state index is -0.220. The number of rotatable bonds is 6. The van der Waals surface area contributed by atoms with E-state index in [9.17, 15) is 9.90 Å². The zero-order valence-electron chi connectivity index (χ0n) is 12.6. The van der Waals surface area contributed by atoms with E-state index in [-0.39, 0.29) is 24.5 Å². The van der Waals surface area contributed by atoms with Crippen LogP contribution in [0.4, 0.5) is 0 Å². The summed E-state index contributed by atoms with van der Waals surface area (Å²) in [7, 11) is 0. The maximum Gasteiger partial charge on any atom is 0.223 e. The Morgan fingerprint density at radius 1 is 1.33 bits per heavy atom. The number of amides is 1. The van der Waals surface area contributed by atoms with Gasteiger partial charge in [0.25, 0.3) is 0 Å². The van der Waals surface area contributed by atoms with Gasteiger partial charge in [-0.2, -0.15) is 0 Å². The lowest BCUT2D eigenvalue weighted by molar-refractivity contribution is -0.128. The predicted octanol–water partition coefficient (Wildman–Crippen LogP) is 1.77. The minimum absolute atomic E-state index is 0.0290. The second-order valence-electron chi connectivity index (χ2n) is 5.82. The van der Waals surface area contributed by atoms with Crippen LogP contribution >= 0.6 is 0 Å². The Hall–Kier alpha value is -1.39. The van der Waals surface area contributed by atoms with Gasteiger partial charge in [-0.15, -0.1) is 0 Å². The molecule has 1 fully saturated rings. The Kier molecular flexibility index (Phi) is 6.21. The molecule has 1 amide bonds. The Morgan fingerprint density at radius 3 is 2.62 bits per heavy atom.